The van der Waals surface area contributed by atoms with E-state index in [1.165, 1.54) is 0 Å². The van der Waals surface area contributed by atoms with Gasteiger partial charge in [0, 0.05) is 12.8 Å². The van der Waals surface area contributed by atoms with Crippen LogP contribution in [0.1, 0.15) is 40.0 Å². The highest BCUT2D eigenvalue weighted by atomic mass is 16.7. The minimum Gasteiger partial charge on any atom is -0.348 e. The van der Waals surface area contributed by atoms with E-state index in [9.17, 15) is 4.79 Å². The second-order valence-electron chi connectivity index (χ2n) is 3.94. The Morgan fingerprint density at radius 2 is 2.23 bits per heavy atom. The maximum absolute atomic E-state index is 11.3. The summed E-state index contributed by atoms with van der Waals surface area (Å²) < 4.78 is 10.9. The molecule has 0 bridgehead atoms. The highest BCUT2D eigenvalue weighted by molar-refractivity contribution is 5.78. The van der Waals surface area contributed by atoms with Crippen molar-refractivity contribution >= 4 is 5.78 Å². The van der Waals surface area contributed by atoms with Gasteiger partial charge in [-0.3, -0.25) is 4.79 Å². The van der Waals surface area contributed by atoms with Crippen molar-refractivity contribution in [2.75, 3.05) is 6.61 Å². The number of carbonyl (C=O) groups is 1. The molecule has 0 amide bonds. The molecule has 1 heterocycles. The van der Waals surface area contributed by atoms with Gasteiger partial charge in [0.25, 0.3) is 0 Å². The lowest BCUT2D eigenvalue weighted by molar-refractivity contribution is -0.142. The van der Waals surface area contributed by atoms with Gasteiger partial charge in [0.15, 0.2) is 5.79 Å². The van der Waals surface area contributed by atoms with Gasteiger partial charge in [-0.2, -0.15) is 0 Å². The van der Waals surface area contributed by atoms with E-state index in [2.05, 4.69) is 0 Å². The molecule has 1 aliphatic rings. The van der Waals surface area contributed by atoms with Crippen LogP contribution >= 0.6 is 0 Å². The van der Waals surface area contributed by atoms with Gasteiger partial charge in [-0.25, -0.2) is 0 Å². The number of Topliss-reactive ketones (excluding diaryl/α,β-unsaturated/α-hetero) is 1. The average Bonchev–Trinajstić information content (AvgIpc) is 2.30. The van der Waals surface area contributed by atoms with Crippen LogP contribution in [0.2, 0.25) is 0 Å². The smallest absolute Gasteiger partial charge is 0.163 e. The molecule has 13 heavy (non-hydrogen) atoms. The van der Waals surface area contributed by atoms with E-state index in [4.69, 9.17) is 9.47 Å². The molecule has 76 valence electrons. The predicted octanol–water partition coefficient (Wildman–Crippen LogP) is 1.90. The summed E-state index contributed by atoms with van der Waals surface area (Å²) in [5, 5.41) is 0. The number of ketones is 1. The van der Waals surface area contributed by atoms with Crippen molar-refractivity contribution in [3.8, 4) is 0 Å². The Kier molecular flexibility index (Phi) is 3.45. The zero-order chi connectivity index (χ0) is 9.90. The van der Waals surface area contributed by atoms with Crippen LogP contribution in [0.3, 0.4) is 0 Å². The maximum atomic E-state index is 11.3. The van der Waals surface area contributed by atoms with Crippen molar-refractivity contribution in [3.05, 3.63) is 0 Å². The standard InChI is InChI=1S/C10H18O3/c1-4-5-8(11)6-9-7-12-10(2,3)13-9/h9H,4-7H2,1-3H3/t9-/m0/s1. The molecule has 3 nitrogen and oxygen atoms in total. The summed E-state index contributed by atoms with van der Waals surface area (Å²) >= 11 is 0. The summed E-state index contributed by atoms with van der Waals surface area (Å²) in [6.45, 7) is 6.30. The third kappa shape index (κ3) is 3.44. The summed E-state index contributed by atoms with van der Waals surface area (Å²) in [7, 11) is 0. The lowest BCUT2D eigenvalue weighted by atomic mass is 10.1. The molecule has 1 rings (SSSR count). The van der Waals surface area contributed by atoms with Crippen LogP contribution in [0.5, 0.6) is 0 Å². The first-order valence-electron chi connectivity index (χ1n) is 4.87. The molecule has 0 aliphatic carbocycles. The molecule has 0 spiro atoms. The minimum absolute atomic E-state index is 0.0333. The zero-order valence-electron chi connectivity index (χ0n) is 8.63. The van der Waals surface area contributed by atoms with Crippen molar-refractivity contribution in [3.63, 3.8) is 0 Å². The van der Waals surface area contributed by atoms with Gasteiger partial charge in [-0.15, -0.1) is 0 Å². The van der Waals surface area contributed by atoms with Crippen molar-refractivity contribution in [2.45, 2.75) is 51.9 Å². The fraction of sp³-hybridized carbons (Fsp3) is 0.900. The highest BCUT2D eigenvalue weighted by Gasteiger charge is 2.33. The van der Waals surface area contributed by atoms with E-state index in [0.29, 0.717) is 19.4 Å². The zero-order valence-corrected chi connectivity index (χ0v) is 8.63. The largest absolute Gasteiger partial charge is 0.348 e. The van der Waals surface area contributed by atoms with Gasteiger partial charge < -0.3 is 9.47 Å². The second kappa shape index (κ2) is 4.20. The van der Waals surface area contributed by atoms with Crippen LogP contribution < -0.4 is 0 Å². The van der Waals surface area contributed by atoms with Gasteiger partial charge >= 0.3 is 0 Å². The molecule has 0 unspecified atom stereocenters. The van der Waals surface area contributed by atoms with Gasteiger partial charge in [0.05, 0.1) is 12.7 Å². The number of carbonyl (C=O) groups excluding carboxylic acids is 1. The summed E-state index contributed by atoms with van der Waals surface area (Å²) in [6.07, 6.45) is 2.03. The predicted molar refractivity (Wildman–Crippen MR) is 49.4 cm³/mol. The van der Waals surface area contributed by atoms with Gasteiger partial charge in [0.1, 0.15) is 5.78 Å². The van der Waals surface area contributed by atoms with Crippen LogP contribution in [0.25, 0.3) is 0 Å². The molecular weight excluding hydrogens is 168 g/mol. The Labute approximate surface area is 79.4 Å². The molecule has 1 saturated heterocycles. The molecule has 3 heteroatoms. The van der Waals surface area contributed by atoms with E-state index in [1.54, 1.807) is 0 Å². The summed E-state index contributed by atoms with van der Waals surface area (Å²) in [5.41, 5.74) is 0. The lowest BCUT2D eigenvalue weighted by Crippen LogP contribution is -2.22. The van der Waals surface area contributed by atoms with E-state index < -0.39 is 5.79 Å². The molecule has 1 atom stereocenters. The topological polar surface area (TPSA) is 35.5 Å². The quantitative estimate of drug-likeness (QED) is 0.672. The van der Waals surface area contributed by atoms with E-state index >= 15 is 0 Å². The Morgan fingerprint density at radius 3 is 2.69 bits per heavy atom. The van der Waals surface area contributed by atoms with Crippen LogP contribution in [0.15, 0.2) is 0 Å². The van der Waals surface area contributed by atoms with E-state index in [1.807, 2.05) is 20.8 Å². The van der Waals surface area contributed by atoms with E-state index in [0.717, 1.165) is 6.42 Å². The van der Waals surface area contributed by atoms with Crippen molar-refractivity contribution in [2.24, 2.45) is 0 Å². The first-order valence-corrected chi connectivity index (χ1v) is 4.87. The first kappa shape index (κ1) is 10.7. The van der Waals surface area contributed by atoms with Crippen molar-refractivity contribution < 1.29 is 14.3 Å². The van der Waals surface area contributed by atoms with Crippen LogP contribution in [0.4, 0.5) is 0 Å². The van der Waals surface area contributed by atoms with Gasteiger partial charge in [-0.1, -0.05) is 6.92 Å². The summed E-state index contributed by atoms with van der Waals surface area (Å²) in [6, 6.07) is 0. The Balaban J connectivity index is 2.28. The fourth-order valence-corrected chi connectivity index (χ4v) is 1.50. The molecule has 1 fully saturated rings. The molecule has 0 saturated carbocycles. The number of ether oxygens (including phenoxy) is 2. The van der Waals surface area contributed by atoms with Crippen LogP contribution in [0, 0.1) is 0 Å². The Hall–Kier alpha value is -0.410. The third-order valence-electron chi connectivity index (χ3n) is 2.05. The number of hydrogen-bond donors (Lipinski definition) is 0. The molecular formula is C10H18O3. The van der Waals surface area contributed by atoms with Crippen molar-refractivity contribution in [1.29, 1.82) is 0 Å². The molecule has 0 N–H and O–H groups in total. The lowest BCUT2D eigenvalue weighted by Gasteiger charge is -2.16. The van der Waals surface area contributed by atoms with Gasteiger partial charge in [0.2, 0.25) is 0 Å². The SMILES string of the molecule is CCCC(=O)C[C@H]1COC(C)(C)O1. The Bertz CT molecular complexity index is 187. The number of rotatable bonds is 4. The average molecular weight is 186 g/mol. The highest BCUT2D eigenvalue weighted by Crippen LogP contribution is 2.24. The van der Waals surface area contributed by atoms with Crippen LogP contribution in [-0.2, 0) is 14.3 Å². The van der Waals surface area contributed by atoms with E-state index in [-0.39, 0.29) is 11.9 Å². The molecule has 0 aromatic rings. The molecule has 0 aromatic carbocycles. The fourth-order valence-electron chi connectivity index (χ4n) is 1.50. The third-order valence-corrected chi connectivity index (χ3v) is 2.05. The monoisotopic (exact) mass is 186 g/mol. The molecule has 1 aliphatic heterocycles. The second-order valence-corrected chi connectivity index (χ2v) is 3.94. The maximum Gasteiger partial charge on any atom is 0.163 e. The Morgan fingerprint density at radius 1 is 1.54 bits per heavy atom. The number of hydrogen-bond acceptors (Lipinski definition) is 3. The summed E-state index contributed by atoms with van der Waals surface area (Å²) in [5.74, 6) is -0.231. The van der Waals surface area contributed by atoms with Crippen molar-refractivity contribution in [1.82, 2.24) is 0 Å². The minimum atomic E-state index is -0.503. The summed E-state index contributed by atoms with van der Waals surface area (Å²) in [4.78, 5) is 11.3. The van der Waals surface area contributed by atoms with Gasteiger partial charge in [-0.05, 0) is 20.3 Å². The molecule has 0 aromatic heterocycles. The normalized spacial score (nSPS) is 26.2. The van der Waals surface area contributed by atoms with Crippen LogP contribution in [-0.4, -0.2) is 24.3 Å². The molecule has 0 radical (unpaired) electrons. The first-order chi connectivity index (χ1) is 6.03.